The Bertz CT molecular complexity index is 805. The topological polar surface area (TPSA) is 50.8 Å². The summed E-state index contributed by atoms with van der Waals surface area (Å²) in [6.07, 6.45) is 0.827. The van der Waals surface area contributed by atoms with Gasteiger partial charge in [0.15, 0.2) is 11.5 Å². The number of nitrogens with zero attached hydrogens (tertiary/aromatic N) is 1. The van der Waals surface area contributed by atoms with Crippen molar-refractivity contribution >= 4 is 5.91 Å². The second kappa shape index (κ2) is 9.11. The third-order valence-corrected chi connectivity index (χ3v) is 5.37. The summed E-state index contributed by atoms with van der Waals surface area (Å²) in [5.74, 6) is 1.97. The predicted molar refractivity (Wildman–Crippen MR) is 111 cm³/mol. The van der Waals surface area contributed by atoms with Gasteiger partial charge in [-0.1, -0.05) is 44.2 Å². The second-order valence-corrected chi connectivity index (χ2v) is 7.55. The van der Waals surface area contributed by atoms with Crippen molar-refractivity contribution in [2.75, 3.05) is 27.3 Å². The fourth-order valence-corrected chi connectivity index (χ4v) is 3.80. The zero-order valence-corrected chi connectivity index (χ0v) is 17.2. The van der Waals surface area contributed by atoms with Gasteiger partial charge >= 0.3 is 0 Å². The second-order valence-electron chi connectivity index (χ2n) is 7.55. The van der Waals surface area contributed by atoms with Gasteiger partial charge in [-0.25, -0.2) is 0 Å². The quantitative estimate of drug-likeness (QED) is 0.795. The van der Waals surface area contributed by atoms with E-state index in [-0.39, 0.29) is 11.9 Å². The Kier molecular flexibility index (Phi) is 6.57. The van der Waals surface area contributed by atoms with E-state index in [1.165, 1.54) is 11.1 Å². The van der Waals surface area contributed by atoms with Gasteiger partial charge in [0.25, 0.3) is 0 Å². The lowest BCUT2D eigenvalue weighted by molar-refractivity contribution is -0.131. The van der Waals surface area contributed by atoms with Crippen LogP contribution in [0.25, 0.3) is 0 Å². The average molecular weight is 383 g/mol. The van der Waals surface area contributed by atoms with Crippen LogP contribution in [-0.2, 0) is 17.8 Å². The molecule has 0 aliphatic carbocycles. The number of rotatable bonds is 7. The molecule has 5 heteroatoms. The van der Waals surface area contributed by atoms with Gasteiger partial charge < -0.3 is 19.7 Å². The fraction of sp³-hybridized carbons (Fsp3) is 0.435. The van der Waals surface area contributed by atoms with E-state index in [1.54, 1.807) is 14.2 Å². The highest BCUT2D eigenvalue weighted by atomic mass is 16.5. The molecule has 0 fully saturated rings. The normalized spacial score (nSPS) is 14.5. The first-order chi connectivity index (χ1) is 13.5. The molecule has 2 aromatic carbocycles. The number of nitrogens with one attached hydrogen (secondary N) is 1. The van der Waals surface area contributed by atoms with Gasteiger partial charge in [0.2, 0.25) is 5.91 Å². The van der Waals surface area contributed by atoms with Crippen LogP contribution in [0.3, 0.4) is 0 Å². The Labute approximate surface area is 167 Å². The molecule has 28 heavy (non-hydrogen) atoms. The number of benzene rings is 2. The number of methoxy groups -OCH3 is 2. The van der Waals surface area contributed by atoms with Crippen LogP contribution in [0.4, 0.5) is 0 Å². The molecule has 0 bridgehead atoms. The maximum Gasteiger partial charge on any atom is 0.236 e. The molecule has 1 heterocycles. The number of carbonyl (C=O) groups excluding carboxylic acids is 1. The van der Waals surface area contributed by atoms with Crippen LogP contribution < -0.4 is 14.8 Å². The van der Waals surface area contributed by atoms with Gasteiger partial charge in [-0.3, -0.25) is 4.79 Å². The molecule has 0 unspecified atom stereocenters. The molecule has 1 aliphatic rings. The first kappa shape index (κ1) is 20.2. The summed E-state index contributed by atoms with van der Waals surface area (Å²) in [5, 5.41) is 3.46. The number of amides is 1. The minimum atomic E-state index is 0.127. The van der Waals surface area contributed by atoms with Crippen molar-refractivity contribution in [2.24, 2.45) is 5.92 Å². The maximum atomic E-state index is 12.9. The Balaban J connectivity index is 1.66. The predicted octanol–water partition coefficient (Wildman–Crippen LogP) is 3.58. The zero-order chi connectivity index (χ0) is 20.1. The molecule has 0 aromatic heterocycles. The van der Waals surface area contributed by atoms with Gasteiger partial charge in [-0.05, 0) is 41.2 Å². The maximum absolute atomic E-state index is 12.9. The lowest BCUT2D eigenvalue weighted by Gasteiger charge is -2.31. The van der Waals surface area contributed by atoms with E-state index in [0.717, 1.165) is 24.3 Å². The van der Waals surface area contributed by atoms with Crippen molar-refractivity contribution in [1.82, 2.24) is 10.2 Å². The smallest absolute Gasteiger partial charge is 0.236 e. The highest BCUT2D eigenvalue weighted by Crippen LogP contribution is 2.33. The van der Waals surface area contributed by atoms with Crippen molar-refractivity contribution in [3.8, 4) is 11.5 Å². The van der Waals surface area contributed by atoms with E-state index in [0.29, 0.717) is 24.8 Å². The molecule has 1 amide bonds. The number of hydrogen-bond acceptors (Lipinski definition) is 4. The van der Waals surface area contributed by atoms with Gasteiger partial charge in [-0.2, -0.15) is 0 Å². The Morgan fingerprint density at radius 1 is 1.07 bits per heavy atom. The molecule has 150 valence electrons. The molecule has 5 nitrogen and oxygen atoms in total. The highest BCUT2D eigenvalue weighted by Gasteiger charge is 2.24. The number of hydrogen-bond donors (Lipinski definition) is 1. The van der Waals surface area contributed by atoms with Crippen LogP contribution in [-0.4, -0.2) is 38.1 Å². The van der Waals surface area contributed by atoms with Crippen molar-refractivity contribution in [3.63, 3.8) is 0 Å². The summed E-state index contributed by atoms with van der Waals surface area (Å²) in [6, 6.07) is 14.5. The summed E-state index contributed by atoms with van der Waals surface area (Å²) in [6.45, 7) is 6.01. The van der Waals surface area contributed by atoms with Crippen LogP contribution >= 0.6 is 0 Å². The lowest BCUT2D eigenvalue weighted by Crippen LogP contribution is -2.42. The van der Waals surface area contributed by atoms with Crippen molar-refractivity contribution in [2.45, 2.75) is 32.9 Å². The molecule has 1 N–H and O–H groups in total. The number of fused-ring (bicyclic) bond motifs is 1. The fourth-order valence-electron chi connectivity index (χ4n) is 3.80. The van der Waals surface area contributed by atoms with Gasteiger partial charge in [-0.15, -0.1) is 0 Å². The summed E-state index contributed by atoms with van der Waals surface area (Å²) >= 11 is 0. The largest absolute Gasteiger partial charge is 0.493 e. The first-order valence-electron chi connectivity index (χ1n) is 9.83. The molecule has 3 rings (SSSR count). The summed E-state index contributed by atoms with van der Waals surface area (Å²) in [5.41, 5.74) is 3.56. The minimum Gasteiger partial charge on any atom is -0.493 e. The summed E-state index contributed by atoms with van der Waals surface area (Å²) < 4.78 is 10.8. The van der Waals surface area contributed by atoms with E-state index in [2.05, 4.69) is 31.3 Å². The molecule has 0 spiro atoms. The molecule has 2 aromatic rings. The molecule has 1 aliphatic heterocycles. The van der Waals surface area contributed by atoms with Crippen molar-refractivity contribution in [1.29, 1.82) is 0 Å². The zero-order valence-electron chi connectivity index (χ0n) is 17.2. The molecule has 0 saturated carbocycles. The Hall–Kier alpha value is -2.53. The third kappa shape index (κ3) is 4.47. The standard InChI is InChI=1S/C23H30N2O3/c1-16(2)23(17-8-6-5-7-9-17)24-14-22(26)25-11-10-18-12-20(27-3)21(28-4)13-19(18)15-25/h5-9,12-13,16,23-24H,10-11,14-15H2,1-4H3/t23-/m0/s1. The molecular formula is C23H30N2O3. The molecule has 0 saturated heterocycles. The SMILES string of the molecule is COc1cc2c(cc1OC)CN(C(=O)CN[C@H](c1ccccc1)C(C)C)CC2. The van der Waals surface area contributed by atoms with E-state index < -0.39 is 0 Å². The molecule has 1 atom stereocenters. The summed E-state index contributed by atoms with van der Waals surface area (Å²) in [7, 11) is 3.28. The Morgan fingerprint density at radius 3 is 2.32 bits per heavy atom. The molecule has 0 radical (unpaired) electrons. The van der Waals surface area contributed by atoms with Crippen molar-refractivity contribution < 1.29 is 14.3 Å². The molecular weight excluding hydrogens is 352 g/mol. The summed E-state index contributed by atoms with van der Waals surface area (Å²) in [4.78, 5) is 14.8. The van der Waals surface area contributed by atoms with Gasteiger partial charge in [0.05, 0.1) is 20.8 Å². The highest BCUT2D eigenvalue weighted by molar-refractivity contribution is 5.78. The third-order valence-electron chi connectivity index (χ3n) is 5.37. The van der Waals surface area contributed by atoms with Crippen LogP contribution in [0, 0.1) is 5.92 Å². The van der Waals surface area contributed by atoms with Crippen LogP contribution in [0.5, 0.6) is 11.5 Å². The van der Waals surface area contributed by atoms with Crippen LogP contribution in [0.15, 0.2) is 42.5 Å². The number of carbonyl (C=O) groups is 1. The van der Waals surface area contributed by atoms with Gasteiger partial charge in [0.1, 0.15) is 0 Å². The van der Waals surface area contributed by atoms with E-state index >= 15 is 0 Å². The monoisotopic (exact) mass is 382 g/mol. The van der Waals surface area contributed by atoms with E-state index in [4.69, 9.17) is 9.47 Å². The van der Waals surface area contributed by atoms with Crippen molar-refractivity contribution in [3.05, 3.63) is 59.2 Å². The van der Waals surface area contributed by atoms with Crippen LogP contribution in [0.2, 0.25) is 0 Å². The van der Waals surface area contributed by atoms with E-state index in [9.17, 15) is 4.79 Å². The average Bonchev–Trinajstić information content (AvgIpc) is 2.72. The first-order valence-corrected chi connectivity index (χ1v) is 9.83. The minimum absolute atomic E-state index is 0.127. The number of ether oxygens (including phenoxy) is 2. The van der Waals surface area contributed by atoms with E-state index in [1.807, 2.05) is 35.2 Å². The van der Waals surface area contributed by atoms with Crippen LogP contribution in [0.1, 0.15) is 36.6 Å². The Morgan fingerprint density at radius 2 is 1.71 bits per heavy atom. The lowest BCUT2D eigenvalue weighted by atomic mass is 9.96. The van der Waals surface area contributed by atoms with Gasteiger partial charge in [0, 0.05) is 19.1 Å².